The van der Waals surface area contributed by atoms with Gasteiger partial charge in [-0.25, -0.2) is 4.98 Å². The number of carbonyl (C=O) groups excluding carboxylic acids is 1. The Hall–Kier alpha value is -2.27. The van der Waals surface area contributed by atoms with Crippen molar-refractivity contribution in [2.75, 3.05) is 4.90 Å². The van der Waals surface area contributed by atoms with Gasteiger partial charge in [-0.1, -0.05) is 42.7 Å². The van der Waals surface area contributed by atoms with Crippen LogP contribution in [0.1, 0.15) is 43.2 Å². The van der Waals surface area contributed by atoms with Gasteiger partial charge in [0.1, 0.15) is 0 Å². The van der Waals surface area contributed by atoms with Crippen molar-refractivity contribution in [3.8, 4) is 0 Å². The first-order chi connectivity index (χ1) is 12.7. The number of anilines is 1. The van der Waals surface area contributed by atoms with Crippen molar-refractivity contribution in [1.82, 2.24) is 9.97 Å². The smallest absolute Gasteiger partial charge is 0.232 e. The molecule has 0 radical (unpaired) electrons. The van der Waals surface area contributed by atoms with Crippen molar-refractivity contribution in [3.63, 3.8) is 0 Å². The number of pyridine rings is 1. The lowest BCUT2D eigenvalue weighted by Gasteiger charge is -2.27. The Morgan fingerprint density at radius 2 is 2.08 bits per heavy atom. The Morgan fingerprint density at radius 1 is 1.23 bits per heavy atom. The monoisotopic (exact) mass is 365 g/mol. The van der Waals surface area contributed by atoms with E-state index in [0.29, 0.717) is 6.54 Å². The maximum Gasteiger partial charge on any atom is 0.232 e. The highest BCUT2D eigenvalue weighted by Crippen LogP contribution is 2.33. The van der Waals surface area contributed by atoms with Crippen LogP contribution < -0.4 is 4.90 Å². The molecule has 4 rings (SSSR count). The van der Waals surface area contributed by atoms with Crippen LogP contribution in [-0.2, 0) is 11.3 Å². The molecule has 1 aliphatic rings. The standard InChI is InChI=1S/C21H23N3OS/c1-15-9-10-19-18(12-15)23-21(26-19)24(14-16-6-5-11-22-13-16)20(25)17-7-3-2-4-8-17/h5-6,9-13,17H,2-4,7-8,14H2,1H3. The Balaban J connectivity index is 1.69. The number of nitrogens with zero attached hydrogens (tertiary/aromatic N) is 3. The number of hydrogen-bond acceptors (Lipinski definition) is 4. The molecular formula is C21H23N3OS. The summed E-state index contributed by atoms with van der Waals surface area (Å²) in [6.45, 7) is 2.60. The van der Waals surface area contributed by atoms with Gasteiger partial charge in [0.25, 0.3) is 0 Å². The van der Waals surface area contributed by atoms with E-state index in [-0.39, 0.29) is 11.8 Å². The molecular weight excluding hydrogens is 342 g/mol. The topological polar surface area (TPSA) is 46.1 Å². The number of thiazole rings is 1. The molecule has 0 atom stereocenters. The van der Waals surface area contributed by atoms with Crippen molar-refractivity contribution in [2.45, 2.75) is 45.6 Å². The highest BCUT2D eigenvalue weighted by atomic mass is 32.1. The summed E-state index contributed by atoms with van der Waals surface area (Å²) in [5.74, 6) is 0.332. The van der Waals surface area contributed by atoms with Crippen LogP contribution in [0.4, 0.5) is 5.13 Å². The van der Waals surface area contributed by atoms with Crippen molar-refractivity contribution in [3.05, 3.63) is 53.9 Å². The van der Waals surface area contributed by atoms with Crippen LogP contribution in [0.2, 0.25) is 0 Å². The van der Waals surface area contributed by atoms with E-state index >= 15 is 0 Å². The third-order valence-electron chi connectivity index (χ3n) is 5.05. The minimum absolute atomic E-state index is 0.120. The molecule has 5 heteroatoms. The zero-order valence-corrected chi connectivity index (χ0v) is 15.8. The number of fused-ring (bicyclic) bond motifs is 1. The Bertz CT molecular complexity index is 900. The van der Waals surface area contributed by atoms with Gasteiger partial charge in [0.2, 0.25) is 5.91 Å². The predicted octanol–water partition coefficient (Wildman–Crippen LogP) is 5.11. The van der Waals surface area contributed by atoms with Crippen molar-refractivity contribution in [1.29, 1.82) is 0 Å². The quantitative estimate of drug-likeness (QED) is 0.645. The van der Waals surface area contributed by atoms with Crippen LogP contribution in [-0.4, -0.2) is 15.9 Å². The van der Waals surface area contributed by atoms with Gasteiger partial charge >= 0.3 is 0 Å². The van der Waals surface area contributed by atoms with Gasteiger partial charge in [-0.05, 0) is 49.1 Å². The zero-order chi connectivity index (χ0) is 17.9. The van der Waals surface area contributed by atoms with Crippen LogP contribution in [0.15, 0.2) is 42.7 Å². The molecule has 0 bridgehead atoms. The van der Waals surface area contributed by atoms with E-state index in [0.717, 1.165) is 46.6 Å². The Kier molecular flexibility index (Phi) is 4.98. The molecule has 0 N–H and O–H groups in total. The first-order valence-corrected chi connectivity index (χ1v) is 10.1. The summed E-state index contributed by atoms with van der Waals surface area (Å²) >= 11 is 1.60. The zero-order valence-electron chi connectivity index (χ0n) is 15.0. The summed E-state index contributed by atoms with van der Waals surface area (Å²) in [5.41, 5.74) is 3.19. The molecule has 0 aliphatic heterocycles. The van der Waals surface area contributed by atoms with Crippen LogP contribution in [0.25, 0.3) is 10.2 Å². The SMILES string of the molecule is Cc1ccc2sc(N(Cc3cccnc3)C(=O)C3CCCCC3)nc2c1. The van der Waals surface area contributed by atoms with E-state index in [1.165, 1.54) is 12.0 Å². The van der Waals surface area contributed by atoms with Gasteiger partial charge in [0, 0.05) is 18.3 Å². The lowest BCUT2D eigenvalue weighted by molar-refractivity contribution is -0.123. The van der Waals surface area contributed by atoms with Crippen LogP contribution >= 0.6 is 11.3 Å². The Labute approximate surface area is 157 Å². The summed E-state index contributed by atoms with van der Waals surface area (Å²) in [4.78, 5) is 24.2. The summed E-state index contributed by atoms with van der Waals surface area (Å²) in [5, 5.41) is 0.796. The molecule has 3 aromatic rings. The molecule has 1 amide bonds. The molecule has 1 saturated carbocycles. The largest absolute Gasteiger partial charge is 0.283 e. The van der Waals surface area contributed by atoms with Gasteiger partial charge in [-0.2, -0.15) is 0 Å². The van der Waals surface area contributed by atoms with Crippen LogP contribution in [0, 0.1) is 12.8 Å². The molecule has 1 aliphatic carbocycles. The minimum Gasteiger partial charge on any atom is -0.283 e. The molecule has 26 heavy (non-hydrogen) atoms. The van der Waals surface area contributed by atoms with Gasteiger partial charge in [0.05, 0.1) is 16.8 Å². The van der Waals surface area contributed by atoms with E-state index in [4.69, 9.17) is 4.98 Å². The summed E-state index contributed by atoms with van der Waals surface area (Å²) in [7, 11) is 0. The Morgan fingerprint density at radius 3 is 2.85 bits per heavy atom. The second-order valence-corrected chi connectivity index (χ2v) is 8.10. The second-order valence-electron chi connectivity index (χ2n) is 7.09. The molecule has 0 saturated heterocycles. The second kappa shape index (κ2) is 7.54. The number of benzene rings is 1. The first kappa shape index (κ1) is 17.2. The lowest BCUT2D eigenvalue weighted by Crippen LogP contribution is -2.36. The highest BCUT2D eigenvalue weighted by Gasteiger charge is 2.29. The predicted molar refractivity (Wildman–Crippen MR) is 106 cm³/mol. The van der Waals surface area contributed by atoms with Crippen LogP contribution in [0.5, 0.6) is 0 Å². The minimum atomic E-state index is 0.120. The van der Waals surface area contributed by atoms with E-state index in [1.807, 2.05) is 23.2 Å². The van der Waals surface area contributed by atoms with Crippen LogP contribution in [0.3, 0.4) is 0 Å². The molecule has 0 spiro atoms. The molecule has 1 aromatic carbocycles. The number of aromatic nitrogens is 2. The number of hydrogen-bond donors (Lipinski definition) is 0. The molecule has 2 aromatic heterocycles. The fourth-order valence-electron chi connectivity index (χ4n) is 3.62. The maximum atomic E-state index is 13.3. The third kappa shape index (κ3) is 3.63. The molecule has 2 heterocycles. The first-order valence-electron chi connectivity index (χ1n) is 9.28. The van der Waals surface area contributed by atoms with Crippen molar-refractivity contribution < 1.29 is 4.79 Å². The molecule has 0 unspecified atom stereocenters. The fraction of sp³-hybridized carbons (Fsp3) is 0.381. The molecule has 4 nitrogen and oxygen atoms in total. The number of carbonyl (C=O) groups is 1. The summed E-state index contributed by atoms with van der Waals surface area (Å²) < 4.78 is 1.12. The highest BCUT2D eigenvalue weighted by molar-refractivity contribution is 7.22. The summed E-state index contributed by atoms with van der Waals surface area (Å²) in [6, 6.07) is 10.2. The number of rotatable bonds is 4. The average Bonchev–Trinajstić information content (AvgIpc) is 3.10. The van der Waals surface area contributed by atoms with Crippen molar-refractivity contribution in [2.24, 2.45) is 5.92 Å². The van der Waals surface area contributed by atoms with E-state index in [2.05, 4.69) is 30.1 Å². The fourth-order valence-corrected chi connectivity index (χ4v) is 4.58. The van der Waals surface area contributed by atoms with Crippen molar-refractivity contribution >= 4 is 32.6 Å². The van der Waals surface area contributed by atoms with E-state index in [1.54, 1.807) is 17.5 Å². The van der Waals surface area contributed by atoms with Gasteiger partial charge in [0.15, 0.2) is 5.13 Å². The van der Waals surface area contributed by atoms with E-state index in [9.17, 15) is 4.79 Å². The summed E-state index contributed by atoms with van der Waals surface area (Å²) in [6.07, 6.45) is 9.12. The third-order valence-corrected chi connectivity index (χ3v) is 6.11. The van der Waals surface area contributed by atoms with Gasteiger partial charge in [-0.3, -0.25) is 14.7 Å². The molecule has 1 fully saturated rings. The van der Waals surface area contributed by atoms with Gasteiger partial charge in [-0.15, -0.1) is 0 Å². The lowest BCUT2D eigenvalue weighted by atomic mass is 9.88. The van der Waals surface area contributed by atoms with Gasteiger partial charge < -0.3 is 0 Å². The molecule has 134 valence electrons. The average molecular weight is 366 g/mol. The van der Waals surface area contributed by atoms with E-state index < -0.39 is 0 Å². The number of amides is 1. The number of aryl methyl sites for hydroxylation is 1. The normalized spacial score (nSPS) is 15.3. The maximum absolute atomic E-state index is 13.3.